The van der Waals surface area contributed by atoms with Gasteiger partial charge in [-0.1, -0.05) is 38.7 Å². The summed E-state index contributed by atoms with van der Waals surface area (Å²) in [6.07, 6.45) is 6.82. The maximum absolute atomic E-state index is 13.6. The minimum atomic E-state index is -0.623. The molecule has 0 amide bonds. The summed E-state index contributed by atoms with van der Waals surface area (Å²) in [6.45, 7) is 2.18. The smallest absolute Gasteiger partial charge is 0.340 e. The Bertz CT molecular complexity index is 388. The molecule has 0 radical (unpaired) electrons. The molecule has 2 nitrogen and oxygen atoms in total. The molecule has 0 atom stereocenters. The molecule has 0 saturated carbocycles. The van der Waals surface area contributed by atoms with E-state index in [2.05, 4.69) is 11.7 Å². The first kappa shape index (κ1) is 14.7. The zero-order valence-electron chi connectivity index (χ0n) is 11.2. The third-order valence-electron chi connectivity index (χ3n) is 3.01. The highest BCUT2D eigenvalue weighted by molar-refractivity contribution is 5.89. The predicted molar refractivity (Wildman–Crippen MR) is 70.2 cm³/mol. The Labute approximate surface area is 108 Å². The van der Waals surface area contributed by atoms with Gasteiger partial charge in [-0.2, -0.15) is 0 Å². The van der Waals surface area contributed by atoms with Gasteiger partial charge in [-0.25, -0.2) is 9.18 Å². The van der Waals surface area contributed by atoms with Crippen LogP contribution < -0.4 is 0 Å². The van der Waals surface area contributed by atoms with Gasteiger partial charge in [0.25, 0.3) is 0 Å². The van der Waals surface area contributed by atoms with Crippen molar-refractivity contribution in [2.24, 2.45) is 0 Å². The van der Waals surface area contributed by atoms with Crippen molar-refractivity contribution >= 4 is 5.97 Å². The topological polar surface area (TPSA) is 26.3 Å². The number of aryl methyl sites for hydroxylation is 1. The third kappa shape index (κ3) is 4.47. The SMILES string of the molecule is CCCCCCCc1ccc(C(=O)OC)c(F)c1. The fourth-order valence-electron chi connectivity index (χ4n) is 1.92. The molecule has 0 saturated heterocycles. The first-order chi connectivity index (χ1) is 8.69. The van der Waals surface area contributed by atoms with Crippen molar-refractivity contribution in [2.45, 2.75) is 45.4 Å². The lowest BCUT2D eigenvalue weighted by molar-refractivity contribution is 0.0595. The molecule has 0 aliphatic carbocycles. The summed E-state index contributed by atoms with van der Waals surface area (Å²) in [6, 6.07) is 4.74. The lowest BCUT2D eigenvalue weighted by Crippen LogP contribution is -2.04. The van der Waals surface area contributed by atoms with Gasteiger partial charge in [0.2, 0.25) is 0 Å². The zero-order valence-corrected chi connectivity index (χ0v) is 11.2. The van der Waals surface area contributed by atoms with Crippen LogP contribution in [-0.2, 0) is 11.2 Å². The van der Waals surface area contributed by atoms with Gasteiger partial charge in [-0.05, 0) is 30.5 Å². The van der Waals surface area contributed by atoms with Crippen molar-refractivity contribution < 1.29 is 13.9 Å². The molecule has 0 unspecified atom stereocenters. The van der Waals surface area contributed by atoms with Crippen LogP contribution in [0.1, 0.15) is 54.9 Å². The molecule has 0 heterocycles. The molecular weight excluding hydrogens is 231 g/mol. The Balaban J connectivity index is 2.49. The average molecular weight is 252 g/mol. The molecule has 1 aromatic carbocycles. The van der Waals surface area contributed by atoms with E-state index in [4.69, 9.17) is 0 Å². The van der Waals surface area contributed by atoms with Crippen LogP contribution in [0.25, 0.3) is 0 Å². The summed E-state index contributed by atoms with van der Waals surface area (Å²) in [7, 11) is 1.25. The van der Waals surface area contributed by atoms with Gasteiger partial charge in [0.05, 0.1) is 12.7 Å². The van der Waals surface area contributed by atoms with E-state index < -0.39 is 11.8 Å². The first-order valence-corrected chi connectivity index (χ1v) is 6.55. The van der Waals surface area contributed by atoms with Crippen LogP contribution in [0, 0.1) is 5.82 Å². The second kappa shape index (κ2) is 7.85. The summed E-state index contributed by atoms with van der Waals surface area (Å²) in [5, 5.41) is 0. The van der Waals surface area contributed by atoms with Crippen LogP contribution in [0.2, 0.25) is 0 Å². The van der Waals surface area contributed by atoms with E-state index in [9.17, 15) is 9.18 Å². The Kier molecular flexibility index (Phi) is 6.40. The van der Waals surface area contributed by atoms with Crippen molar-refractivity contribution in [3.63, 3.8) is 0 Å². The van der Waals surface area contributed by atoms with Gasteiger partial charge in [-0.15, -0.1) is 0 Å². The van der Waals surface area contributed by atoms with E-state index in [0.29, 0.717) is 0 Å². The second-order valence-electron chi connectivity index (χ2n) is 4.47. The standard InChI is InChI=1S/C15H21FO2/c1-3-4-5-6-7-8-12-9-10-13(14(16)11-12)15(17)18-2/h9-11H,3-8H2,1-2H3. The molecular formula is C15H21FO2. The molecule has 1 rings (SSSR count). The van der Waals surface area contributed by atoms with Crippen LogP contribution in [0.5, 0.6) is 0 Å². The van der Waals surface area contributed by atoms with Crippen LogP contribution in [0.15, 0.2) is 18.2 Å². The number of methoxy groups -OCH3 is 1. The molecule has 0 aliphatic heterocycles. The molecule has 0 aliphatic rings. The molecule has 3 heteroatoms. The number of hydrogen-bond donors (Lipinski definition) is 0. The van der Waals surface area contributed by atoms with Gasteiger partial charge in [0, 0.05) is 0 Å². The Hall–Kier alpha value is -1.38. The van der Waals surface area contributed by atoms with E-state index in [1.807, 2.05) is 0 Å². The number of esters is 1. The molecule has 100 valence electrons. The number of hydrogen-bond acceptors (Lipinski definition) is 2. The summed E-state index contributed by atoms with van der Waals surface area (Å²) in [5.41, 5.74) is 0.948. The normalized spacial score (nSPS) is 10.4. The third-order valence-corrected chi connectivity index (χ3v) is 3.01. The van der Waals surface area contributed by atoms with E-state index in [-0.39, 0.29) is 5.56 Å². The summed E-state index contributed by atoms with van der Waals surface area (Å²) in [4.78, 5) is 11.2. The molecule has 18 heavy (non-hydrogen) atoms. The predicted octanol–water partition coefficient (Wildman–Crippen LogP) is 4.13. The fourth-order valence-corrected chi connectivity index (χ4v) is 1.92. The van der Waals surface area contributed by atoms with Crippen molar-refractivity contribution in [1.82, 2.24) is 0 Å². The van der Waals surface area contributed by atoms with E-state index in [1.165, 1.54) is 44.9 Å². The fraction of sp³-hybridized carbons (Fsp3) is 0.533. The second-order valence-corrected chi connectivity index (χ2v) is 4.47. The molecule has 1 aromatic rings. The molecule has 0 aromatic heterocycles. The van der Waals surface area contributed by atoms with E-state index in [0.717, 1.165) is 18.4 Å². The largest absolute Gasteiger partial charge is 0.465 e. The van der Waals surface area contributed by atoms with Crippen molar-refractivity contribution in [2.75, 3.05) is 7.11 Å². The van der Waals surface area contributed by atoms with Crippen LogP contribution in [-0.4, -0.2) is 13.1 Å². The number of benzene rings is 1. The number of halogens is 1. The number of carbonyl (C=O) groups excluding carboxylic acids is 1. The van der Waals surface area contributed by atoms with Gasteiger partial charge >= 0.3 is 5.97 Å². The van der Waals surface area contributed by atoms with Crippen molar-refractivity contribution in [3.05, 3.63) is 35.1 Å². The summed E-state index contributed by atoms with van der Waals surface area (Å²) in [5.74, 6) is -1.12. The number of ether oxygens (including phenoxy) is 1. The molecule has 0 spiro atoms. The Morgan fingerprint density at radius 1 is 1.22 bits per heavy atom. The van der Waals surface area contributed by atoms with Crippen LogP contribution in [0.4, 0.5) is 4.39 Å². The number of carbonyl (C=O) groups is 1. The first-order valence-electron chi connectivity index (χ1n) is 6.55. The highest BCUT2D eigenvalue weighted by Crippen LogP contribution is 2.14. The summed E-state index contributed by atoms with van der Waals surface area (Å²) < 4.78 is 18.1. The van der Waals surface area contributed by atoms with Crippen LogP contribution >= 0.6 is 0 Å². The van der Waals surface area contributed by atoms with Gasteiger partial charge in [0.1, 0.15) is 5.82 Å². The quantitative estimate of drug-likeness (QED) is 0.539. The monoisotopic (exact) mass is 252 g/mol. The molecule has 0 bridgehead atoms. The number of unbranched alkanes of at least 4 members (excludes halogenated alkanes) is 4. The van der Waals surface area contributed by atoms with Crippen molar-refractivity contribution in [3.8, 4) is 0 Å². The summed E-state index contributed by atoms with van der Waals surface area (Å²) >= 11 is 0. The zero-order chi connectivity index (χ0) is 13.4. The minimum Gasteiger partial charge on any atom is -0.465 e. The lowest BCUT2D eigenvalue weighted by Gasteiger charge is -2.05. The highest BCUT2D eigenvalue weighted by Gasteiger charge is 2.11. The molecule has 0 N–H and O–H groups in total. The van der Waals surface area contributed by atoms with Crippen molar-refractivity contribution in [1.29, 1.82) is 0 Å². The van der Waals surface area contributed by atoms with Gasteiger partial charge < -0.3 is 4.74 Å². The average Bonchev–Trinajstić information content (AvgIpc) is 2.38. The maximum Gasteiger partial charge on any atom is 0.340 e. The maximum atomic E-state index is 13.6. The van der Waals surface area contributed by atoms with Gasteiger partial charge in [-0.3, -0.25) is 0 Å². The molecule has 0 fully saturated rings. The minimum absolute atomic E-state index is 0.00670. The Morgan fingerprint density at radius 2 is 1.94 bits per heavy atom. The lowest BCUT2D eigenvalue weighted by atomic mass is 10.0. The Morgan fingerprint density at radius 3 is 2.56 bits per heavy atom. The number of rotatable bonds is 7. The van der Waals surface area contributed by atoms with E-state index >= 15 is 0 Å². The van der Waals surface area contributed by atoms with Crippen LogP contribution in [0.3, 0.4) is 0 Å². The van der Waals surface area contributed by atoms with Gasteiger partial charge in [0.15, 0.2) is 0 Å². The van der Waals surface area contributed by atoms with E-state index in [1.54, 1.807) is 6.07 Å². The highest BCUT2D eigenvalue weighted by atomic mass is 19.1.